The van der Waals surface area contributed by atoms with Crippen molar-refractivity contribution in [3.63, 3.8) is 0 Å². The van der Waals surface area contributed by atoms with Gasteiger partial charge in [0.2, 0.25) is 11.7 Å². The van der Waals surface area contributed by atoms with Crippen LogP contribution in [0, 0.1) is 0 Å². The topological polar surface area (TPSA) is 83.0 Å². The second kappa shape index (κ2) is 6.23. The van der Waals surface area contributed by atoms with E-state index < -0.39 is 11.7 Å². The molecule has 1 aliphatic heterocycles. The van der Waals surface area contributed by atoms with Crippen molar-refractivity contribution in [2.24, 2.45) is 0 Å². The zero-order valence-electron chi connectivity index (χ0n) is 14.1. The highest BCUT2D eigenvalue weighted by atomic mass is 19.3. The third-order valence-electron chi connectivity index (χ3n) is 3.80. The van der Waals surface area contributed by atoms with Crippen LogP contribution in [-0.2, 0) is 17.1 Å². The van der Waals surface area contributed by atoms with Gasteiger partial charge in [0, 0.05) is 45.8 Å². The number of hydrogen-bond donors (Lipinski definition) is 2. The van der Waals surface area contributed by atoms with Crippen molar-refractivity contribution in [3.05, 3.63) is 29.7 Å². The van der Waals surface area contributed by atoms with Gasteiger partial charge in [-0.05, 0) is 12.0 Å². The lowest BCUT2D eigenvalue weighted by Crippen LogP contribution is -2.20. The van der Waals surface area contributed by atoms with Crippen molar-refractivity contribution in [1.29, 1.82) is 0 Å². The number of amides is 1. The number of hydrogen-bond acceptors (Lipinski definition) is 6. The first kappa shape index (κ1) is 17.0. The largest absolute Gasteiger partial charge is 0.373 e. The van der Waals surface area contributed by atoms with Crippen LogP contribution >= 0.6 is 0 Å². The number of carbonyl (C=O) groups excluding carboxylic acids is 1. The minimum absolute atomic E-state index is 0.232. The molecule has 0 saturated carbocycles. The monoisotopic (exact) mass is 348 g/mol. The summed E-state index contributed by atoms with van der Waals surface area (Å²) in [5.74, 6) is -2.84. The molecule has 0 fully saturated rings. The van der Waals surface area contributed by atoms with Crippen molar-refractivity contribution >= 4 is 29.0 Å². The number of pyridine rings is 1. The van der Waals surface area contributed by atoms with Gasteiger partial charge in [0.25, 0.3) is 0 Å². The van der Waals surface area contributed by atoms with E-state index in [4.69, 9.17) is 0 Å². The summed E-state index contributed by atoms with van der Waals surface area (Å²) >= 11 is 0. The Labute approximate surface area is 143 Å². The first-order chi connectivity index (χ1) is 11.8. The Morgan fingerprint density at radius 3 is 2.68 bits per heavy atom. The molecule has 0 bridgehead atoms. The van der Waals surface area contributed by atoms with E-state index >= 15 is 0 Å². The maximum atomic E-state index is 13.7. The lowest BCUT2D eigenvalue weighted by atomic mass is 10.2. The summed E-state index contributed by atoms with van der Waals surface area (Å²) < 4.78 is 27.4. The standard InChI is InChI=1S/C16H18F2N6O/c1-9(25)21-13-6-11-10(8-20-13)4-5-24(11)14-7-12(19-3)22-15(23-14)16(2,17)18/h6-8H,4-5H2,1-3H3,(H,19,22,23)(H,20,21,25). The zero-order valence-corrected chi connectivity index (χ0v) is 14.1. The molecule has 1 amide bonds. The molecule has 1 aliphatic rings. The van der Waals surface area contributed by atoms with Crippen LogP contribution in [0.15, 0.2) is 18.3 Å². The molecule has 0 saturated heterocycles. The van der Waals surface area contributed by atoms with E-state index in [9.17, 15) is 13.6 Å². The number of rotatable bonds is 4. The first-order valence-corrected chi connectivity index (χ1v) is 7.77. The molecule has 0 atom stereocenters. The normalized spacial score (nSPS) is 13.6. The molecule has 2 aromatic heterocycles. The number of nitrogens with zero attached hydrogens (tertiary/aromatic N) is 4. The van der Waals surface area contributed by atoms with Crippen LogP contribution in [0.4, 0.5) is 31.9 Å². The SMILES string of the molecule is CNc1cc(N2CCc3cnc(NC(C)=O)cc32)nc(C(C)(F)F)n1. The summed E-state index contributed by atoms with van der Waals surface area (Å²) in [4.78, 5) is 25.1. The predicted octanol–water partition coefficient (Wildman–Crippen LogP) is 2.68. The van der Waals surface area contributed by atoms with Gasteiger partial charge in [0.05, 0.1) is 5.69 Å². The van der Waals surface area contributed by atoms with Gasteiger partial charge >= 0.3 is 5.92 Å². The summed E-state index contributed by atoms with van der Waals surface area (Å²) in [5.41, 5.74) is 1.74. The van der Waals surface area contributed by atoms with E-state index in [0.29, 0.717) is 30.4 Å². The number of anilines is 4. The second-order valence-electron chi connectivity index (χ2n) is 5.85. The molecule has 9 heteroatoms. The number of aromatic nitrogens is 3. The summed E-state index contributed by atoms with van der Waals surface area (Å²) in [5, 5.41) is 5.41. The number of nitrogens with one attached hydrogen (secondary N) is 2. The van der Waals surface area contributed by atoms with Crippen LogP contribution in [0.2, 0.25) is 0 Å². The van der Waals surface area contributed by atoms with E-state index in [0.717, 1.165) is 18.2 Å². The van der Waals surface area contributed by atoms with Crippen LogP contribution in [0.25, 0.3) is 0 Å². The molecule has 0 aliphatic carbocycles. The van der Waals surface area contributed by atoms with Gasteiger partial charge in [-0.1, -0.05) is 0 Å². The van der Waals surface area contributed by atoms with Crippen molar-refractivity contribution in [2.45, 2.75) is 26.2 Å². The van der Waals surface area contributed by atoms with Crippen LogP contribution in [0.5, 0.6) is 0 Å². The van der Waals surface area contributed by atoms with Crippen molar-refractivity contribution in [3.8, 4) is 0 Å². The van der Waals surface area contributed by atoms with E-state index in [2.05, 4.69) is 25.6 Å². The fourth-order valence-electron chi connectivity index (χ4n) is 2.65. The van der Waals surface area contributed by atoms with Gasteiger partial charge in [-0.15, -0.1) is 0 Å². The van der Waals surface area contributed by atoms with E-state index in [1.165, 1.54) is 6.92 Å². The molecule has 0 unspecified atom stereocenters. The molecule has 7 nitrogen and oxygen atoms in total. The van der Waals surface area contributed by atoms with Crippen LogP contribution in [0.3, 0.4) is 0 Å². The van der Waals surface area contributed by atoms with E-state index in [1.54, 1.807) is 25.4 Å². The Balaban J connectivity index is 2.03. The molecule has 0 spiro atoms. The molecule has 132 valence electrons. The number of fused-ring (bicyclic) bond motifs is 1. The molecule has 0 aromatic carbocycles. The van der Waals surface area contributed by atoms with Crippen molar-refractivity contribution in [2.75, 3.05) is 29.1 Å². The number of alkyl halides is 2. The molecule has 0 radical (unpaired) electrons. The second-order valence-corrected chi connectivity index (χ2v) is 5.85. The average Bonchev–Trinajstić information content (AvgIpc) is 2.96. The zero-order chi connectivity index (χ0) is 18.2. The summed E-state index contributed by atoms with van der Waals surface area (Å²) in [7, 11) is 1.61. The lowest BCUT2D eigenvalue weighted by Gasteiger charge is -2.21. The minimum atomic E-state index is -3.15. The third-order valence-corrected chi connectivity index (χ3v) is 3.80. The number of carbonyl (C=O) groups is 1. The Kier molecular flexibility index (Phi) is 4.23. The lowest BCUT2D eigenvalue weighted by molar-refractivity contribution is -0.114. The van der Waals surface area contributed by atoms with E-state index in [-0.39, 0.29) is 5.91 Å². The first-order valence-electron chi connectivity index (χ1n) is 7.77. The Morgan fingerprint density at radius 2 is 2.04 bits per heavy atom. The van der Waals surface area contributed by atoms with Gasteiger partial charge in [-0.25, -0.2) is 15.0 Å². The average molecular weight is 348 g/mol. The van der Waals surface area contributed by atoms with Gasteiger partial charge in [-0.2, -0.15) is 8.78 Å². The fraction of sp³-hybridized carbons (Fsp3) is 0.375. The Bertz CT molecular complexity index is 821. The Morgan fingerprint density at radius 1 is 1.28 bits per heavy atom. The summed E-state index contributed by atoms with van der Waals surface area (Å²) in [6.07, 6.45) is 2.38. The molecular formula is C16H18F2N6O. The third kappa shape index (κ3) is 3.49. The van der Waals surface area contributed by atoms with E-state index in [1.807, 2.05) is 4.90 Å². The highest BCUT2D eigenvalue weighted by molar-refractivity contribution is 5.88. The van der Waals surface area contributed by atoms with Gasteiger partial charge in [-0.3, -0.25) is 4.79 Å². The van der Waals surface area contributed by atoms with Crippen molar-refractivity contribution < 1.29 is 13.6 Å². The molecule has 2 N–H and O–H groups in total. The smallest absolute Gasteiger partial charge is 0.303 e. The van der Waals surface area contributed by atoms with Gasteiger partial charge in [0.1, 0.15) is 17.5 Å². The van der Waals surface area contributed by atoms with Crippen LogP contribution in [0.1, 0.15) is 25.2 Å². The van der Waals surface area contributed by atoms with Crippen LogP contribution < -0.4 is 15.5 Å². The molecular weight excluding hydrogens is 330 g/mol. The highest BCUT2D eigenvalue weighted by Gasteiger charge is 2.31. The molecule has 3 heterocycles. The van der Waals surface area contributed by atoms with Crippen LogP contribution in [-0.4, -0.2) is 34.5 Å². The highest BCUT2D eigenvalue weighted by Crippen LogP contribution is 2.36. The minimum Gasteiger partial charge on any atom is -0.373 e. The maximum absolute atomic E-state index is 13.7. The predicted molar refractivity (Wildman–Crippen MR) is 90.4 cm³/mol. The summed E-state index contributed by atoms with van der Waals surface area (Å²) in [6, 6.07) is 3.33. The molecule has 3 rings (SSSR count). The summed E-state index contributed by atoms with van der Waals surface area (Å²) in [6.45, 7) is 2.74. The maximum Gasteiger partial charge on any atom is 0.303 e. The molecule has 25 heavy (non-hydrogen) atoms. The van der Waals surface area contributed by atoms with Gasteiger partial charge in [0.15, 0.2) is 0 Å². The fourth-order valence-corrected chi connectivity index (χ4v) is 2.65. The molecule has 2 aromatic rings. The van der Waals surface area contributed by atoms with Crippen molar-refractivity contribution in [1.82, 2.24) is 15.0 Å². The quantitative estimate of drug-likeness (QED) is 0.884. The van der Waals surface area contributed by atoms with Gasteiger partial charge < -0.3 is 15.5 Å². The Hall–Kier alpha value is -2.84. The number of halogens is 2.